The fraction of sp³-hybridized carbons (Fsp3) is 0.600. The minimum Gasteiger partial charge on any atom is -0.339 e. The van der Waals surface area contributed by atoms with Crippen molar-refractivity contribution in [3.8, 4) is 0 Å². The Balaban J connectivity index is 2.05. The fourth-order valence-electron chi connectivity index (χ4n) is 2.58. The van der Waals surface area contributed by atoms with Crippen LogP contribution in [0.5, 0.6) is 0 Å². The number of aromatic nitrogens is 2. The highest BCUT2D eigenvalue weighted by atomic mass is 35.5. The van der Waals surface area contributed by atoms with E-state index in [2.05, 4.69) is 12.0 Å². The van der Waals surface area contributed by atoms with Crippen molar-refractivity contribution in [3.05, 3.63) is 22.5 Å². The Morgan fingerprint density at radius 2 is 2.15 bits per heavy atom. The van der Waals surface area contributed by atoms with Gasteiger partial charge >= 0.3 is 0 Å². The Labute approximate surface area is 125 Å². The van der Waals surface area contributed by atoms with Gasteiger partial charge in [-0.15, -0.1) is 0 Å². The molecule has 1 fully saturated rings. The molecule has 4 nitrogen and oxygen atoms in total. The summed E-state index contributed by atoms with van der Waals surface area (Å²) >= 11 is 6.15. The third-order valence-electron chi connectivity index (χ3n) is 3.92. The van der Waals surface area contributed by atoms with Gasteiger partial charge in [-0.25, -0.2) is 0 Å². The van der Waals surface area contributed by atoms with Crippen molar-refractivity contribution in [1.82, 2.24) is 14.7 Å². The average Bonchev–Trinajstić information content (AvgIpc) is 2.59. The van der Waals surface area contributed by atoms with Crippen molar-refractivity contribution >= 4 is 23.6 Å². The number of hydrogen-bond acceptors (Lipinski definition) is 2. The van der Waals surface area contributed by atoms with E-state index in [-0.39, 0.29) is 5.91 Å². The molecule has 2 heterocycles. The number of rotatable bonds is 2. The van der Waals surface area contributed by atoms with Crippen LogP contribution in [0.3, 0.4) is 0 Å². The highest BCUT2D eigenvalue weighted by Gasteiger charge is 2.17. The topological polar surface area (TPSA) is 38.1 Å². The van der Waals surface area contributed by atoms with E-state index in [4.69, 9.17) is 11.6 Å². The molecule has 0 aliphatic carbocycles. The van der Waals surface area contributed by atoms with E-state index < -0.39 is 0 Å². The van der Waals surface area contributed by atoms with E-state index >= 15 is 0 Å². The average molecular weight is 296 g/mol. The largest absolute Gasteiger partial charge is 0.339 e. The summed E-state index contributed by atoms with van der Waals surface area (Å²) in [5, 5.41) is 4.80. The van der Waals surface area contributed by atoms with E-state index in [1.54, 1.807) is 23.9 Å². The number of nitrogens with zero attached hydrogens (tertiary/aromatic N) is 3. The molecule has 110 valence electrons. The van der Waals surface area contributed by atoms with Crippen LogP contribution < -0.4 is 0 Å². The Bertz CT molecular complexity index is 521. The van der Waals surface area contributed by atoms with Crippen LogP contribution in [0.1, 0.15) is 37.4 Å². The second-order valence-corrected chi connectivity index (χ2v) is 5.97. The van der Waals surface area contributed by atoms with Crippen LogP contribution in [0.25, 0.3) is 6.08 Å². The highest BCUT2D eigenvalue weighted by Crippen LogP contribution is 2.21. The zero-order chi connectivity index (χ0) is 14.7. The molecule has 1 saturated heterocycles. The minimum absolute atomic E-state index is 0.0680. The minimum atomic E-state index is 0.0680. The predicted octanol–water partition coefficient (Wildman–Crippen LogP) is 3.04. The van der Waals surface area contributed by atoms with Crippen molar-refractivity contribution in [2.24, 2.45) is 13.0 Å². The number of hydrogen-bond donors (Lipinski definition) is 0. The van der Waals surface area contributed by atoms with Crippen LogP contribution in [0.4, 0.5) is 0 Å². The number of halogens is 1. The third-order valence-corrected chi connectivity index (χ3v) is 4.37. The van der Waals surface area contributed by atoms with Gasteiger partial charge in [-0.3, -0.25) is 9.48 Å². The van der Waals surface area contributed by atoms with Crippen molar-refractivity contribution < 1.29 is 4.79 Å². The summed E-state index contributed by atoms with van der Waals surface area (Å²) < 4.78 is 1.62. The maximum absolute atomic E-state index is 12.2. The highest BCUT2D eigenvalue weighted by molar-refractivity contribution is 6.31. The molecule has 0 bridgehead atoms. The molecule has 0 spiro atoms. The predicted molar refractivity (Wildman–Crippen MR) is 81.6 cm³/mol. The summed E-state index contributed by atoms with van der Waals surface area (Å²) in [5.41, 5.74) is 1.66. The smallest absolute Gasteiger partial charge is 0.246 e. The Kier molecular flexibility index (Phi) is 4.86. The fourth-order valence-corrected chi connectivity index (χ4v) is 2.82. The monoisotopic (exact) mass is 295 g/mol. The molecule has 0 radical (unpaired) electrons. The Morgan fingerprint density at radius 3 is 2.80 bits per heavy atom. The van der Waals surface area contributed by atoms with Gasteiger partial charge in [0.15, 0.2) is 0 Å². The second-order valence-electron chi connectivity index (χ2n) is 5.61. The number of amides is 1. The van der Waals surface area contributed by atoms with Crippen molar-refractivity contribution in [2.45, 2.75) is 33.1 Å². The first-order valence-corrected chi connectivity index (χ1v) is 7.53. The molecule has 0 aromatic carbocycles. The Morgan fingerprint density at radius 1 is 1.40 bits per heavy atom. The van der Waals surface area contributed by atoms with Gasteiger partial charge in [0, 0.05) is 31.8 Å². The molecule has 20 heavy (non-hydrogen) atoms. The second kappa shape index (κ2) is 6.44. The normalized spacial score (nSPS) is 20.4. The molecule has 0 saturated carbocycles. The quantitative estimate of drug-likeness (QED) is 0.787. The lowest BCUT2D eigenvalue weighted by Crippen LogP contribution is -2.30. The van der Waals surface area contributed by atoms with Crippen molar-refractivity contribution in [3.63, 3.8) is 0 Å². The molecule has 5 heteroatoms. The SMILES string of the molecule is Cc1nn(C)c(Cl)c1/C=C\C(=O)N1CCC[C@@H](C)CC1. The lowest BCUT2D eigenvalue weighted by Gasteiger charge is -2.18. The van der Waals surface area contributed by atoms with Crippen LogP contribution in [-0.2, 0) is 11.8 Å². The summed E-state index contributed by atoms with van der Waals surface area (Å²) in [6.07, 6.45) is 6.79. The van der Waals surface area contributed by atoms with Crippen molar-refractivity contribution in [2.75, 3.05) is 13.1 Å². The Hall–Kier alpha value is -1.29. The van der Waals surface area contributed by atoms with Crippen LogP contribution in [0.15, 0.2) is 6.08 Å². The summed E-state index contributed by atoms with van der Waals surface area (Å²) in [6.45, 7) is 5.85. The van der Waals surface area contributed by atoms with Gasteiger partial charge < -0.3 is 4.90 Å². The van der Waals surface area contributed by atoms with E-state index in [1.807, 2.05) is 11.8 Å². The summed E-state index contributed by atoms with van der Waals surface area (Å²) in [4.78, 5) is 14.2. The maximum Gasteiger partial charge on any atom is 0.246 e. The van der Waals surface area contributed by atoms with Gasteiger partial charge in [0.2, 0.25) is 5.91 Å². The van der Waals surface area contributed by atoms with Crippen LogP contribution in [0, 0.1) is 12.8 Å². The number of aryl methyl sites for hydroxylation is 2. The zero-order valence-corrected chi connectivity index (χ0v) is 13.2. The summed E-state index contributed by atoms with van der Waals surface area (Å²) in [5.74, 6) is 0.783. The molecule has 1 aliphatic heterocycles. The van der Waals surface area contributed by atoms with E-state index in [0.717, 1.165) is 37.2 Å². The molecule has 2 rings (SSSR count). The molecule has 1 amide bonds. The maximum atomic E-state index is 12.2. The van der Waals surface area contributed by atoms with Crippen LogP contribution in [0.2, 0.25) is 5.15 Å². The molecule has 0 unspecified atom stereocenters. The number of carbonyl (C=O) groups is 1. The third kappa shape index (κ3) is 3.42. The first-order valence-electron chi connectivity index (χ1n) is 7.15. The summed E-state index contributed by atoms with van der Waals surface area (Å²) in [7, 11) is 1.80. The molecule has 1 aromatic rings. The van der Waals surface area contributed by atoms with Gasteiger partial charge in [-0.2, -0.15) is 5.10 Å². The van der Waals surface area contributed by atoms with Gasteiger partial charge in [0.25, 0.3) is 0 Å². The van der Waals surface area contributed by atoms with Gasteiger partial charge in [0.05, 0.1) is 5.69 Å². The lowest BCUT2D eigenvalue weighted by atomic mass is 10.0. The van der Waals surface area contributed by atoms with E-state index in [0.29, 0.717) is 11.1 Å². The molecular weight excluding hydrogens is 274 g/mol. The van der Waals surface area contributed by atoms with E-state index in [1.165, 1.54) is 6.42 Å². The van der Waals surface area contributed by atoms with Crippen LogP contribution >= 0.6 is 11.6 Å². The zero-order valence-electron chi connectivity index (χ0n) is 12.4. The molecule has 0 N–H and O–H groups in total. The van der Waals surface area contributed by atoms with Gasteiger partial charge in [-0.05, 0) is 38.2 Å². The number of carbonyl (C=O) groups excluding carboxylic acids is 1. The van der Waals surface area contributed by atoms with Gasteiger partial charge in [-0.1, -0.05) is 18.5 Å². The molecule has 1 aliphatic rings. The van der Waals surface area contributed by atoms with Gasteiger partial charge in [0.1, 0.15) is 5.15 Å². The standard InChI is InChI=1S/C15H22ClN3O/c1-11-5-4-9-19(10-8-11)14(20)7-6-13-12(2)17-18(3)15(13)16/h6-7,11H,4-5,8-10H2,1-3H3/b7-6-/t11-/m1/s1. The van der Waals surface area contributed by atoms with E-state index in [9.17, 15) is 4.79 Å². The molecule has 1 aromatic heterocycles. The first kappa shape index (κ1) is 15.1. The summed E-state index contributed by atoms with van der Waals surface area (Å²) in [6, 6.07) is 0. The lowest BCUT2D eigenvalue weighted by molar-refractivity contribution is -0.125. The number of likely N-dealkylation sites (tertiary alicyclic amines) is 1. The molecule has 1 atom stereocenters. The van der Waals surface area contributed by atoms with Crippen molar-refractivity contribution in [1.29, 1.82) is 0 Å². The first-order chi connectivity index (χ1) is 9.49. The molecular formula is C15H22ClN3O. The van der Waals surface area contributed by atoms with Crippen LogP contribution in [-0.4, -0.2) is 33.7 Å².